The van der Waals surface area contributed by atoms with E-state index in [9.17, 15) is 8.42 Å². The van der Waals surface area contributed by atoms with Crippen LogP contribution in [-0.4, -0.2) is 20.9 Å². The van der Waals surface area contributed by atoms with E-state index in [1.165, 1.54) is 0 Å². The van der Waals surface area contributed by atoms with Crippen LogP contribution in [0, 0.1) is 6.92 Å². The molecule has 0 atom stereocenters. The first-order chi connectivity index (χ1) is 10.1. The predicted molar refractivity (Wildman–Crippen MR) is 81.0 cm³/mol. The molecule has 0 fully saturated rings. The molecule has 0 bridgehead atoms. The molecule has 0 spiro atoms. The van der Waals surface area contributed by atoms with Crippen molar-refractivity contribution < 1.29 is 12.6 Å². The van der Waals surface area contributed by atoms with Crippen molar-refractivity contribution in [1.29, 1.82) is 0 Å². The Balaban J connectivity index is 1.93. The number of benzene rings is 2. The number of hydrogen-bond donors (Lipinski definition) is 0. The number of nitrogens with zero attached hydrogens (tertiary/aromatic N) is 1. The fraction of sp³-hybridized carbons (Fsp3) is 0.188. The first-order valence-corrected chi connectivity index (χ1v) is 8.11. The average Bonchev–Trinajstić information content (AvgIpc) is 2.48. The van der Waals surface area contributed by atoms with Gasteiger partial charge >= 0.3 is 10.1 Å². The molecule has 1 aliphatic heterocycles. The largest absolute Gasteiger partial charge is 0.358 e. The van der Waals surface area contributed by atoms with E-state index in [2.05, 4.69) is 4.99 Å². The third-order valence-corrected chi connectivity index (χ3v) is 4.61. The first-order valence-electron chi connectivity index (χ1n) is 6.70. The fourth-order valence-electron chi connectivity index (χ4n) is 2.24. The summed E-state index contributed by atoms with van der Waals surface area (Å²) in [5, 5.41) is 0. The minimum absolute atomic E-state index is 0.138. The molecule has 0 N–H and O–H groups in total. The lowest BCUT2D eigenvalue weighted by molar-refractivity contribution is 0.479. The third kappa shape index (κ3) is 2.83. The Morgan fingerprint density at radius 1 is 1.05 bits per heavy atom. The first kappa shape index (κ1) is 13.8. The molecule has 3 rings (SSSR count). The zero-order chi connectivity index (χ0) is 14.9. The van der Waals surface area contributed by atoms with E-state index in [-0.39, 0.29) is 10.8 Å². The molecule has 0 amide bonds. The molecule has 0 unspecified atom stereocenters. The van der Waals surface area contributed by atoms with E-state index in [1.54, 1.807) is 24.3 Å². The summed E-state index contributed by atoms with van der Waals surface area (Å²) in [5.74, 6) is 0.178. The quantitative estimate of drug-likeness (QED) is 0.801. The van der Waals surface area contributed by atoms with Crippen LogP contribution in [0.5, 0.6) is 0 Å². The molecule has 1 heterocycles. The van der Waals surface area contributed by atoms with E-state index in [1.807, 2.05) is 31.2 Å². The summed E-state index contributed by atoms with van der Waals surface area (Å²) in [6.07, 6.45) is 0.799. The van der Waals surface area contributed by atoms with E-state index < -0.39 is 10.1 Å². The Hall–Kier alpha value is -2.14. The van der Waals surface area contributed by atoms with Crippen molar-refractivity contribution in [3.05, 3.63) is 65.2 Å². The van der Waals surface area contributed by atoms with Gasteiger partial charge < -0.3 is 4.18 Å². The van der Waals surface area contributed by atoms with E-state index in [0.29, 0.717) is 6.54 Å². The molecule has 4 nitrogen and oxygen atoms in total. The van der Waals surface area contributed by atoms with Gasteiger partial charge in [-0.3, -0.25) is 0 Å². The Labute approximate surface area is 124 Å². The van der Waals surface area contributed by atoms with Crippen molar-refractivity contribution in [3.63, 3.8) is 0 Å². The monoisotopic (exact) mass is 301 g/mol. The highest BCUT2D eigenvalue weighted by Gasteiger charge is 2.23. The van der Waals surface area contributed by atoms with Crippen LogP contribution in [0.4, 0.5) is 0 Å². The highest BCUT2D eigenvalue weighted by Crippen LogP contribution is 2.20. The van der Waals surface area contributed by atoms with Crippen molar-refractivity contribution in [2.24, 2.45) is 4.99 Å². The van der Waals surface area contributed by atoms with Gasteiger partial charge in [-0.25, -0.2) is 4.99 Å². The zero-order valence-electron chi connectivity index (χ0n) is 11.6. The highest BCUT2D eigenvalue weighted by molar-refractivity contribution is 7.87. The fourth-order valence-corrected chi connectivity index (χ4v) is 3.15. The second-order valence-electron chi connectivity index (χ2n) is 4.94. The topological polar surface area (TPSA) is 55.7 Å². The van der Waals surface area contributed by atoms with Gasteiger partial charge in [-0.15, -0.1) is 0 Å². The molecule has 0 saturated carbocycles. The summed E-state index contributed by atoms with van der Waals surface area (Å²) in [6, 6.07) is 14.1. The lowest BCUT2D eigenvalue weighted by Gasteiger charge is -2.16. The van der Waals surface area contributed by atoms with Crippen LogP contribution in [0.25, 0.3) is 0 Å². The Kier molecular flexibility index (Phi) is 3.51. The van der Waals surface area contributed by atoms with Crippen LogP contribution >= 0.6 is 0 Å². The lowest BCUT2D eigenvalue weighted by atomic mass is 10.0. The molecule has 0 aliphatic carbocycles. The Morgan fingerprint density at radius 2 is 1.76 bits per heavy atom. The number of hydrogen-bond acceptors (Lipinski definition) is 4. The number of aryl methyl sites for hydroxylation is 1. The zero-order valence-corrected chi connectivity index (χ0v) is 12.4. The molecule has 0 radical (unpaired) electrons. The van der Waals surface area contributed by atoms with Crippen molar-refractivity contribution in [1.82, 2.24) is 0 Å². The van der Waals surface area contributed by atoms with Crippen LogP contribution in [0.15, 0.2) is 58.4 Å². The van der Waals surface area contributed by atoms with Crippen LogP contribution < -0.4 is 0 Å². The van der Waals surface area contributed by atoms with E-state index >= 15 is 0 Å². The van der Waals surface area contributed by atoms with Crippen LogP contribution in [0.2, 0.25) is 0 Å². The Morgan fingerprint density at radius 3 is 2.52 bits per heavy atom. The standard InChI is InChI=1S/C16H15NO3S/c1-12-6-8-14(9-7-12)21(18,19)20-16-15-5-3-2-4-13(15)10-11-17-16/h2-9H,10-11H2,1H3. The average molecular weight is 301 g/mol. The molecule has 1 aliphatic rings. The molecule has 0 saturated heterocycles. The van der Waals surface area contributed by atoms with Crippen LogP contribution in [0.3, 0.4) is 0 Å². The summed E-state index contributed by atoms with van der Waals surface area (Å²) < 4.78 is 29.9. The van der Waals surface area contributed by atoms with Gasteiger partial charge in [-0.2, -0.15) is 8.42 Å². The maximum absolute atomic E-state index is 12.3. The van der Waals surface area contributed by atoms with Gasteiger partial charge in [0.2, 0.25) is 5.90 Å². The third-order valence-electron chi connectivity index (χ3n) is 3.38. The molecular formula is C16H15NO3S. The van der Waals surface area contributed by atoms with Crippen molar-refractivity contribution in [3.8, 4) is 0 Å². The van der Waals surface area contributed by atoms with Gasteiger partial charge in [0, 0.05) is 12.1 Å². The summed E-state index contributed by atoms with van der Waals surface area (Å²) >= 11 is 0. The molecule has 2 aromatic carbocycles. The maximum atomic E-state index is 12.3. The molecule has 2 aromatic rings. The maximum Gasteiger partial charge on any atom is 0.340 e. The predicted octanol–water partition coefficient (Wildman–Crippen LogP) is 2.70. The summed E-state index contributed by atoms with van der Waals surface area (Å²) in [6.45, 7) is 2.44. The Bertz CT molecular complexity index is 793. The minimum Gasteiger partial charge on any atom is -0.358 e. The second-order valence-corrected chi connectivity index (χ2v) is 6.49. The molecule has 5 heteroatoms. The van der Waals surface area contributed by atoms with Gasteiger partial charge in [-0.1, -0.05) is 35.9 Å². The van der Waals surface area contributed by atoms with Gasteiger partial charge in [0.25, 0.3) is 0 Å². The van der Waals surface area contributed by atoms with Gasteiger partial charge in [0.05, 0.1) is 0 Å². The summed E-state index contributed by atoms with van der Waals surface area (Å²) in [7, 11) is -3.85. The summed E-state index contributed by atoms with van der Waals surface area (Å²) in [4.78, 5) is 4.35. The van der Waals surface area contributed by atoms with Gasteiger partial charge in [0.1, 0.15) is 4.90 Å². The minimum atomic E-state index is -3.85. The van der Waals surface area contributed by atoms with Crippen LogP contribution in [0.1, 0.15) is 16.7 Å². The normalized spacial score (nSPS) is 14.2. The smallest absolute Gasteiger partial charge is 0.340 e. The second kappa shape index (κ2) is 5.33. The molecule has 0 aromatic heterocycles. The SMILES string of the molecule is Cc1ccc(S(=O)(=O)OC2=NCCc3ccccc32)cc1. The number of fused-ring (bicyclic) bond motifs is 1. The van der Waals surface area contributed by atoms with Crippen molar-refractivity contribution in [2.75, 3.05) is 6.54 Å². The molecular weight excluding hydrogens is 286 g/mol. The van der Waals surface area contributed by atoms with Crippen LogP contribution in [-0.2, 0) is 20.7 Å². The van der Waals surface area contributed by atoms with E-state index in [4.69, 9.17) is 4.18 Å². The number of rotatable bonds is 2. The highest BCUT2D eigenvalue weighted by atomic mass is 32.2. The number of aliphatic imine (C=N–C) groups is 1. The van der Waals surface area contributed by atoms with E-state index in [0.717, 1.165) is 23.1 Å². The summed E-state index contributed by atoms with van der Waals surface area (Å²) in [5.41, 5.74) is 2.80. The van der Waals surface area contributed by atoms with Gasteiger partial charge in [-0.05, 0) is 37.1 Å². The molecule has 108 valence electrons. The van der Waals surface area contributed by atoms with Crippen molar-refractivity contribution in [2.45, 2.75) is 18.2 Å². The molecule has 21 heavy (non-hydrogen) atoms. The lowest BCUT2D eigenvalue weighted by Crippen LogP contribution is -2.20. The van der Waals surface area contributed by atoms with Crippen molar-refractivity contribution >= 4 is 16.0 Å². The van der Waals surface area contributed by atoms with Gasteiger partial charge in [0.15, 0.2) is 0 Å².